The van der Waals surface area contributed by atoms with Crippen LogP contribution in [0.3, 0.4) is 0 Å². The molecule has 0 atom stereocenters. The Hall–Kier alpha value is -3.19. The number of nitrogens with one attached hydrogen (secondary N) is 1. The number of anilines is 1. The number of fused-ring (bicyclic) bond motifs is 1. The average molecular weight is 339 g/mol. The van der Waals surface area contributed by atoms with Gasteiger partial charge in [0, 0.05) is 23.6 Å². The van der Waals surface area contributed by atoms with E-state index in [9.17, 15) is 4.79 Å². The van der Waals surface area contributed by atoms with Crippen molar-refractivity contribution in [3.8, 4) is 5.69 Å². The van der Waals surface area contributed by atoms with Crippen LogP contribution in [0.2, 0.25) is 5.02 Å². The minimum absolute atomic E-state index is 0.255. The molecule has 0 saturated heterocycles. The van der Waals surface area contributed by atoms with Crippen LogP contribution in [-0.4, -0.2) is 30.1 Å². The Labute approximate surface area is 141 Å². The van der Waals surface area contributed by atoms with Crippen LogP contribution in [0.5, 0.6) is 0 Å². The molecular weight excluding hydrogens is 328 g/mol. The number of hydrogen-bond acceptors (Lipinski definition) is 4. The van der Waals surface area contributed by atoms with Crippen molar-refractivity contribution in [3.05, 3.63) is 72.2 Å². The molecular formula is C16H11ClN6O. The van der Waals surface area contributed by atoms with Gasteiger partial charge in [-0.05, 0) is 30.3 Å². The molecule has 7 nitrogen and oxygen atoms in total. The number of rotatable bonds is 3. The Kier molecular flexibility index (Phi) is 3.47. The summed E-state index contributed by atoms with van der Waals surface area (Å²) in [6.45, 7) is 0. The van der Waals surface area contributed by atoms with Gasteiger partial charge in [0.2, 0.25) is 0 Å². The van der Waals surface area contributed by atoms with E-state index in [1.54, 1.807) is 64.3 Å². The van der Waals surface area contributed by atoms with Gasteiger partial charge in [0.25, 0.3) is 5.91 Å². The highest BCUT2D eigenvalue weighted by Crippen LogP contribution is 2.24. The second-order valence-corrected chi connectivity index (χ2v) is 5.50. The topological polar surface area (TPSA) is 77.1 Å². The minimum Gasteiger partial charge on any atom is -0.320 e. The number of carbonyl (C=O) groups excluding carboxylic acids is 1. The summed E-state index contributed by atoms with van der Waals surface area (Å²) in [7, 11) is 0. The standard InChI is InChI=1S/C16H11ClN6O/c17-12-2-3-14(23-10-18-9-20-23)13(7-12)21-16(24)11-1-4-15-19-5-6-22(15)8-11/h1-10H,(H,21,24). The van der Waals surface area contributed by atoms with E-state index in [0.29, 0.717) is 22.0 Å². The molecule has 3 heterocycles. The lowest BCUT2D eigenvalue weighted by molar-refractivity contribution is 0.102. The molecule has 0 saturated carbocycles. The largest absolute Gasteiger partial charge is 0.320 e. The summed E-state index contributed by atoms with van der Waals surface area (Å²) in [5.74, 6) is -0.255. The van der Waals surface area contributed by atoms with Crippen LogP contribution in [0.1, 0.15) is 10.4 Å². The summed E-state index contributed by atoms with van der Waals surface area (Å²) in [6.07, 6.45) is 8.16. The number of halogens is 1. The summed E-state index contributed by atoms with van der Waals surface area (Å²) in [5, 5.41) is 7.47. The van der Waals surface area contributed by atoms with Gasteiger partial charge in [0.05, 0.1) is 16.9 Å². The number of pyridine rings is 1. The molecule has 0 fully saturated rings. The van der Waals surface area contributed by atoms with Crippen LogP contribution < -0.4 is 5.32 Å². The van der Waals surface area contributed by atoms with Crippen molar-refractivity contribution < 1.29 is 4.79 Å². The monoisotopic (exact) mass is 338 g/mol. The number of nitrogens with zero attached hydrogens (tertiary/aromatic N) is 5. The maximum atomic E-state index is 12.6. The fourth-order valence-corrected chi connectivity index (χ4v) is 2.56. The second kappa shape index (κ2) is 5.78. The highest BCUT2D eigenvalue weighted by Gasteiger charge is 2.12. The van der Waals surface area contributed by atoms with Gasteiger partial charge in [-0.1, -0.05) is 11.6 Å². The number of amides is 1. The SMILES string of the molecule is O=C(Nc1cc(Cl)ccc1-n1cncn1)c1ccc2nccn2c1. The molecule has 0 unspecified atom stereocenters. The number of benzene rings is 1. The highest BCUT2D eigenvalue weighted by atomic mass is 35.5. The van der Waals surface area contributed by atoms with Crippen molar-refractivity contribution in [2.45, 2.75) is 0 Å². The Morgan fingerprint density at radius 1 is 1.21 bits per heavy atom. The molecule has 1 amide bonds. The Balaban J connectivity index is 1.69. The van der Waals surface area contributed by atoms with Crippen molar-refractivity contribution in [2.24, 2.45) is 0 Å². The van der Waals surface area contributed by atoms with E-state index in [2.05, 4.69) is 20.4 Å². The molecule has 0 aliphatic rings. The normalized spacial score (nSPS) is 10.9. The third kappa shape index (κ3) is 2.61. The number of imidazole rings is 1. The molecule has 0 aliphatic carbocycles. The maximum absolute atomic E-state index is 12.6. The van der Waals surface area contributed by atoms with Crippen LogP contribution in [-0.2, 0) is 0 Å². The van der Waals surface area contributed by atoms with Crippen molar-refractivity contribution >= 4 is 28.8 Å². The van der Waals surface area contributed by atoms with Gasteiger partial charge >= 0.3 is 0 Å². The third-order valence-electron chi connectivity index (χ3n) is 3.52. The summed E-state index contributed by atoms with van der Waals surface area (Å²) in [4.78, 5) is 20.7. The van der Waals surface area contributed by atoms with Crippen LogP contribution in [0, 0.1) is 0 Å². The summed E-state index contributed by atoms with van der Waals surface area (Å²) in [5.41, 5.74) is 2.50. The number of aromatic nitrogens is 5. The maximum Gasteiger partial charge on any atom is 0.257 e. The third-order valence-corrected chi connectivity index (χ3v) is 3.76. The number of hydrogen-bond donors (Lipinski definition) is 1. The lowest BCUT2D eigenvalue weighted by atomic mass is 10.2. The number of carbonyl (C=O) groups is 1. The fraction of sp³-hybridized carbons (Fsp3) is 0. The summed E-state index contributed by atoms with van der Waals surface area (Å²) < 4.78 is 3.34. The van der Waals surface area contributed by atoms with Crippen LogP contribution >= 0.6 is 11.6 Å². The van der Waals surface area contributed by atoms with E-state index in [4.69, 9.17) is 11.6 Å². The molecule has 1 N–H and O–H groups in total. The first kappa shape index (κ1) is 14.4. The zero-order chi connectivity index (χ0) is 16.5. The van der Waals surface area contributed by atoms with E-state index in [0.717, 1.165) is 5.65 Å². The van der Waals surface area contributed by atoms with Gasteiger partial charge < -0.3 is 9.72 Å². The molecule has 4 aromatic rings. The summed E-state index contributed by atoms with van der Waals surface area (Å²) >= 11 is 6.06. The van der Waals surface area contributed by atoms with Gasteiger partial charge in [-0.2, -0.15) is 5.10 Å². The van der Waals surface area contributed by atoms with Gasteiger partial charge in [0.15, 0.2) is 0 Å². The molecule has 1 aromatic carbocycles. The van der Waals surface area contributed by atoms with E-state index < -0.39 is 0 Å². The quantitative estimate of drug-likeness (QED) is 0.623. The van der Waals surface area contributed by atoms with Crippen LogP contribution in [0.4, 0.5) is 5.69 Å². The fourth-order valence-electron chi connectivity index (χ4n) is 2.39. The molecule has 4 rings (SSSR count). The Morgan fingerprint density at radius 3 is 2.96 bits per heavy atom. The zero-order valence-corrected chi connectivity index (χ0v) is 13.1. The Morgan fingerprint density at radius 2 is 2.12 bits per heavy atom. The predicted octanol–water partition coefficient (Wildman–Crippen LogP) is 2.82. The smallest absolute Gasteiger partial charge is 0.257 e. The van der Waals surface area contributed by atoms with Gasteiger partial charge in [0.1, 0.15) is 18.3 Å². The minimum atomic E-state index is -0.255. The van der Waals surface area contributed by atoms with E-state index in [-0.39, 0.29) is 5.91 Å². The molecule has 3 aromatic heterocycles. The highest BCUT2D eigenvalue weighted by molar-refractivity contribution is 6.31. The predicted molar refractivity (Wildman–Crippen MR) is 89.5 cm³/mol. The second-order valence-electron chi connectivity index (χ2n) is 5.07. The molecule has 0 spiro atoms. The van der Waals surface area contributed by atoms with Gasteiger partial charge in [-0.3, -0.25) is 4.79 Å². The van der Waals surface area contributed by atoms with Gasteiger partial charge in [-0.25, -0.2) is 14.6 Å². The molecule has 0 radical (unpaired) electrons. The summed E-state index contributed by atoms with van der Waals surface area (Å²) in [6, 6.07) is 8.67. The Bertz CT molecular complexity index is 1020. The zero-order valence-electron chi connectivity index (χ0n) is 12.3. The van der Waals surface area contributed by atoms with Gasteiger partial charge in [-0.15, -0.1) is 0 Å². The first-order valence-electron chi connectivity index (χ1n) is 7.09. The van der Waals surface area contributed by atoms with Crippen LogP contribution in [0.25, 0.3) is 11.3 Å². The first-order chi connectivity index (χ1) is 11.7. The van der Waals surface area contributed by atoms with Crippen molar-refractivity contribution in [1.82, 2.24) is 24.1 Å². The first-order valence-corrected chi connectivity index (χ1v) is 7.47. The van der Waals surface area contributed by atoms with Crippen LogP contribution in [0.15, 0.2) is 61.6 Å². The molecule has 24 heavy (non-hydrogen) atoms. The lowest BCUT2D eigenvalue weighted by Crippen LogP contribution is -2.14. The van der Waals surface area contributed by atoms with E-state index in [1.807, 2.05) is 0 Å². The average Bonchev–Trinajstić information content (AvgIpc) is 3.25. The molecule has 0 bridgehead atoms. The molecule has 8 heteroatoms. The van der Waals surface area contributed by atoms with E-state index in [1.165, 1.54) is 6.33 Å². The molecule has 118 valence electrons. The molecule has 0 aliphatic heterocycles. The van der Waals surface area contributed by atoms with Crippen molar-refractivity contribution in [1.29, 1.82) is 0 Å². The van der Waals surface area contributed by atoms with Crippen molar-refractivity contribution in [2.75, 3.05) is 5.32 Å². The van der Waals surface area contributed by atoms with E-state index >= 15 is 0 Å². The van der Waals surface area contributed by atoms with Crippen molar-refractivity contribution in [3.63, 3.8) is 0 Å². The lowest BCUT2D eigenvalue weighted by Gasteiger charge is -2.11.